The Hall–Kier alpha value is -4.53. The summed E-state index contributed by atoms with van der Waals surface area (Å²) in [6.07, 6.45) is 0.828. The van der Waals surface area contributed by atoms with Crippen molar-refractivity contribution in [1.82, 2.24) is 5.32 Å². The number of para-hydroxylation sites is 1. The fraction of sp³-hybridized carbons (Fsp3) is 0.375. The lowest BCUT2D eigenvalue weighted by atomic mass is 9.84. The molecule has 3 aromatic carbocycles. The summed E-state index contributed by atoms with van der Waals surface area (Å²) in [5.41, 5.74) is 11.1. The fourth-order valence-electron chi connectivity index (χ4n) is 4.90. The molecule has 10 nitrogen and oxygen atoms in total. The summed E-state index contributed by atoms with van der Waals surface area (Å²) in [7, 11) is 0. The van der Waals surface area contributed by atoms with Crippen LogP contribution in [0.4, 0.5) is 0 Å². The Balaban J connectivity index is 1.61. The normalized spacial score (nSPS) is 17.5. The molecule has 0 aromatic heterocycles. The van der Waals surface area contributed by atoms with Crippen LogP contribution in [0.3, 0.4) is 0 Å². The zero-order chi connectivity index (χ0) is 29.8. The van der Waals surface area contributed by atoms with Crippen LogP contribution in [0.5, 0.6) is 11.5 Å². The second-order valence-corrected chi connectivity index (χ2v) is 9.93. The van der Waals surface area contributed by atoms with Crippen molar-refractivity contribution in [2.24, 2.45) is 10.1 Å². The Morgan fingerprint density at radius 3 is 2.50 bits per heavy atom. The quantitative estimate of drug-likeness (QED) is 0.112. The number of azide groups is 1. The average molecular weight is 572 g/mol. The highest BCUT2D eigenvalue weighted by Gasteiger charge is 2.50. The van der Waals surface area contributed by atoms with E-state index in [-0.39, 0.29) is 25.5 Å². The molecule has 0 bridgehead atoms. The monoisotopic (exact) mass is 571 g/mol. The van der Waals surface area contributed by atoms with E-state index >= 15 is 0 Å². The van der Waals surface area contributed by atoms with Gasteiger partial charge in [0.2, 0.25) is 5.90 Å². The second kappa shape index (κ2) is 14.9. The van der Waals surface area contributed by atoms with Crippen molar-refractivity contribution in [3.63, 3.8) is 0 Å². The van der Waals surface area contributed by atoms with Crippen LogP contribution < -0.4 is 14.8 Å². The third-order valence-electron chi connectivity index (χ3n) is 7.16. The standard InChI is InChI=1S/C32H37N5O5/c1-3-40-29-12-7-6-9-24(29)17-18-34-31(39)32(21-26-10-4-5-11-27(26)22-35-37-33)23(2)42-30(36-32)25-13-15-28(16-14-25)41-20-8-19-38/h4-7,9-16,23,38H,3,8,17-22H2,1-2H3,(H,34,39)/t23-,32-/m1/s1. The van der Waals surface area contributed by atoms with Crippen molar-refractivity contribution < 1.29 is 24.1 Å². The number of carbonyl (C=O) groups excluding carboxylic acids is 1. The minimum Gasteiger partial charge on any atom is -0.494 e. The summed E-state index contributed by atoms with van der Waals surface area (Å²) >= 11 is 0. The van der Waals surface area contributed by atoms with Gasteiger partial charge in [0, 0.05) is 36.5 Å². The topological polar surface area (TPSA) is 138 Å². The Labute approximate surface area is 246 Å². The number of hydrogen-bond acceptors (Lipinski definition) is 7. The van der Waals surface area contributed by atoms with E-state index in [2.05, 4.69) is 15.3 Å². The smallest absolute Gasteiger partial charge is 0.252 e. The lowest BCUT2D eigenvalue weighted by Crippen LogP contribution is -2.53. The number of ether oxygens (including phenoxy) is 3. The van der Waals surface area contributed by atoms with Crippen LogP contribution in [0.1, 0.15) is 42.5 Å². The number of aliphatic hydroxyl groups excluding tert-OH is 1. The molecule has 0 radical (unpaired) electrons. The Morgan fingerprint density at radius 2 is 1.79 bits per heavy atom. The maximum Gasteiger partial charge on any atom is 0.252 e. The first-order valence-corrected chi connectivity index (χ1v) is 14.2. The molecule has 2 atom stereocenters. The lowest BCUT2D eigenvalue weighted by Gasteiger charge is -2.29. The van der Waals surface area contributed by atoms with Gasteiger partial charge in [-0.05, 0) is 72.8 Å². The van der Waals surface area contributed by atoms with Gasteiger partial charge in [-0.2, -0.15) is 0 Å². The minimum absolute atomic E-state index is 0.0653. The SMILES string of the molecule is CCOc1ccccc1CCNC(=O)[C@]1(Cc2ccccc2CN=[N+]=[N-])N=C(c2ccc(OCCCO)cc2)O[C@@H]1C. The van der Waals surface area contributed by atoms with E-state index in [1.807, 2.05) is 86.6 Å². The predicted molar refractivity (Wildman–Crippen MR) is 161 cm³/mol. The first kappa shape index (κ1) is 30.4. The number of amides is 1. The molecule has 0 saturated heterocycles. The number of aliphatic hydroxyl groups is 1. The third-order valence-corrected chi connectivity index (χ3v) is 7.16. The summed E-state index contributed by atoms with van der Waals surface area (Å²) < 4.78 is 17.6. The molecule has 4 rings (SSSR count). The molecule has 2 N–H and O–H groups in total. The fourth-order valence-corrected chi connectivity index (χ4v) is 4.90. The highest BCUT2D eigenvalue weighted by molar-refractivity contribution is 6.01. The van der Waals surface area contributed by atoms with Crippen molar-refractivity contribution in [3.8, 4) is 11.5 Å². The molecule has 0 saturated carbocycles. The number of nitrogens with zero attached hydrogens (tertiary/aromatic N) is 4. The number of benzene rings is 3. The molecular weight excluding hydrogens is 534 g/mol. The molecule has 42 heavy (non-hydrogen) atoms. The van der Waals surface area contributed by atoms with Crippen LogP contribution in [0.25, 0.3) is 10.4 Å². The minimum atomic E-state index is -1.25. The van der Waals surface area contributed by atoms with Crippen LogP contribution >= 0.6 is 0 Å². The summed E-state index contributed by atoms with van der Waals surface area (Å²) in [5.74, 6) is 1.59. The van der Waals surface area contributed by atoms with Gasteiger partial charge in [0.15, 0.2) is 5.54 Å². The van der Waals surface area contributed by atoms with Crippen LogP contribution in [0, 0.1) is 0 Å². The van der Waals surface area contributed by atoms with E-state index in [0.29, 0.717) is 44.2 Å². The zero-order valence-electron chi connectivity index (χ0n) is 24.0. The maximum atomic E-state index is 14.0. The molecule has 1 amide bonds. The summed E-state index contributed by atoms with van der Waals surface area (Å²) in [4.78, 5) is 21.9. The molecular formula is C32H37N5O5. The molecule has 10 heteroatoms. The average Bonchev–Trinajstić information content (AvgIpc) is 3.34. The van der Waals surface area contributed by atoms with Crippen LogP contribution in [-0.2, 0) is 28.9 Å². The lowest BCUT2D eigenvalue weighted by molar-refractivity contribution is -0.128. The zero-order valence-corrected chi connectivity index (χ0v) is 24.0. The molecule has 0 unspecified atom stereocenters. The van der Waals surface area contributed by atoms with Gasteiger partial charge >= 0.3 is 0 Å². The first-order valence-electron chi connectivity index (χ1n) is 14.2. The Morgan fingerprint density at radius 1 is 1.07 bits per heavy atom. The molecule has 220 valence electrons. The molecule has 1 heterocycles. The van der Waals surface area contributed by atoms with Crippen molar-refractivity contribution in [2.75, 3.05) is 26.4 Å². The van der Waals surface area contributed by atoms with Gasteiger partial charge in [0.05, 0.1) is 19.8 Å². The first-order chi connectivity index (χ1) is 20.5. The van der Waals surface area contributed by atoms with Crippen LogP contribution in [-0.4, -0.2) is 54.9 Å². The van der Waals surface area contributed by atoms with Gasteiger partial charge in [-0.1, -0.05) is 47.6 Å². The van der Waals surface area contributed by atoms with Gasteiger partial charge in [0.1, 0.15) is 17.6 Å². The van der Waals surface area contributed by atoms with Gasteiger partial charge in [-0.3, -0.25) is 4.79 Å². The van der Waals surface area contributed by atoms with Crippen molar-refractivity contribution >= 4 is 11.8 Å². The molecule has 0 fully saturated rings. The van der Waals surface area contributed by atoms with E-state index < -0.39 is 11.6 Å². The van der Waals surface area contributed by atoms with Crippen LogP contribution in [0.2, 0.25) is 0 Å². The number of rotatable bonds is 15. The van der Waals surface area contributed by atoms with Gasteiger partial charge in [0.25, 0.3) is 5.91 Å². The molecule has 0 aliphatic carbocycles. The van der Waals surface area contributed by atoms with E-state index in [1.54, 1.807) is 0 Å². The largest absolute Gasteiger partial charge is 0.494 e. The van der Waals surface area contributed by atoms with E-state index in [9.17, 15) is 4.79 Å². The van der Waals surface area contributed by atoms with Gasteiger partial charge in [-0.25, -0.2) is 4.99 Å². The maximum absolute atomic E-state index is 14.0. The van der Waals surface area contributed by atoms with E-state index in [4.69, 9.17) is 29.8 Å². The molecule has 0 spiro atoms. The van der Waals surface area contributed by atoms with Crippen molar-refractivity contribution in [2.45, 2.75) is 51.3 Å². The Bertz CT molecular complexity index is 1420. The van der Waals surface area contributed by atoms with E-state index in [1.165, 1.54) is 0 Å². The van der Waals surface area contributed by atoms with Crippen molar-refractivity contribution in [3.05, 3.63) is 105 Å². The molecule has 1 aliphatic rings. The van der Waals surface area contributed by atoms with Crippen molar-refractivity contribution in [1.29, 1.82) is 0 Å². The van der Waals surface area contributed by atoms with Crippen LogP contribution in [0.15, 0.2) is 82.9 Å². The summed E-state index contributed by atoms with van der Waals surface area (Å²) in [6.45, 7) is 5.39. The van der Waals surface area contributed by atoms with Gasteiger partial charge in [-0.15, -0.1) is 0 Å². The summed E-state index contributed by atoms with van der Waals surface area (Å²) in [6, 6.07) is 22.7. The highest BCUT2D eigenvalue weighted by atomic mass is 16.5. The molecule has 3 aromatic rings. The van der Waals surface area contributed by atoms with Gasteiger partial charge < -0.3 is 24.6 Å². The number of carbonyl (C=O) groups is 1. The molecule has 1 aliphatic heterocycles. The number of aliphatic imine (C=N–C) groups is 1. The third kappa shape index (κ3) is 7.40. The van der Waals surface area contributed by atoms with E-state index in [0.717, 1.165) is 28.0 Å². The highest BCUT2D eigenvalue weighted by Crippen LogP contribution is 2.34. The number of nitrogens with one attached hydrogen (secondary N) is 1. The predicted octanol–water partition coefficient (Wildman–Crippen LogP) is 5.16. The Kier molecular flexibility index (Phi) is 10.8. The summed E-state index contributed by atoms with van der Waals surface area (Å²) in [5, 5.41) is 15.8. The number of hydrogen-bond donors (Lipinski definition) is 2. The second-order valence-electron chi connectivity index (χ2n) is 9.93.